The Morgan fingerprint density at radius 1 is 1.52 bits per heavy atom. The van der Waals surface area contributed by atoms with E-state index in [-0.39, 0.29) is 12.5 Å². The highest BCUT2D eigenvalue weighted by molar-refractivity contribution is 6.01. The second-order valence-electron chi connectivity index (χ2n) is 4.57. The summed E-state index contributed by atoms with van der Waals surface area (Å²) in [5.41, 5.74) is 1.44. The maximum Gasteiger partial charge on any atom is 0.257 e. The molecule has 0 fully saturated rings. The zero-order valence-corrected chi connectivity index (χ0v) is 11.4. The summed E-state index contributed by atoms with van der Waals surface area (Å²) in [4.78, 5) is 16.6. The number of hydrogen-bond donors (Lipinski definition) is 2. The molecule has 3 aromatic rings. The molecule has 0 aromatic carbocycles. The van der Waals surface area contributed by atoms with Gasteiger partial charge in [0.15, 0.2) is 5.65 Å². The summed E-state index contributed by atoms with van der Waals surface area (Å²) in [6.45, 7) is 1.48. The number of nitrogens with one attached hydrogen (secondary N) is 1. The van der Waals surface area contributed by atoms with E-state index >= 15 is 0 Å². The minimum atomic E-state index is -0.606. The molecule has 1 unspecified atom stereocenters. The lowest BCUT2D eigenvalue weighted by atomic mass is 10.2. The van der Waals surface area contributed by atoms with Gasteiger partial charge in [-0.2, -0.15) is 5.10 Å². The van der Waals surface area contributed by atoms with E-state index in [1.54, 1.807) is 42.0 Å². The number of fused-ring (bicyclic) bond motifs is 1. The van der Waals surface area contributed by atoms with Crippen LogP contribution in [0.5, 0.6) is 0 Å². The average molecular weight is 286 g/mol. The van der Waals surface area contributed by atoms with Crippen LogP contribution in [-0.4, -0.2) is 32.2 Å². The highest BCUT2D eigenvalue weighted by Crippen LogP contribution is 2.17. The van der Waals surface area contributed by atoms with Crippen molar-refractivity contribution < 1.29 is 14.3 Å². The Labute approximate surface area is 120 Å². The number of furan rings is 1. The molecule has 2 N–H and O–H groups in total. The molecule has 0 saturated carbocycles. The molecule has 7 heteroatoms. The van der Waals surface area contributed by atoms with Crippen molar-refractivity contribution in [1.82, 2.24) is 19.9 Å². The lowest BCUT2D eigenvalue weighted by molar-refractivity contribution is 0.0908. The molecule has 21 heavy (non-hydrogen) atoms. The van der Waals surface area contributed by atoms with Crippen LogP contribution in [0.25, 0.3) is 5.65 Å². The molecule has 1 atom stereocenters. The van der Waals surface area contributed by atoms with Crippen molar-refractivity contribution in [2.24, 2.45) is 0 Å². The van der Waals surface area contributed by atoms with E-state index in [1.807, 2.05) is 0 Å². The van der Waals surface area contributed by atoms with Crippen molar-refractivity contribution in [3.8, 4) is 0 Å². The van der Waals surface area contributed by atoms with Crippen molar-refractivity contribution in [3.63, 3.8) is 0 Å². The maximum atomic E-state index is 12.4. The highest BCUT2D eigenvalue weighted by Gasteiger charge is 2.22. The zero-order valence-electron chi connectivity index (χ0n) is 11.4. The fourth-order valence-electron chi connectivity index (χ4n) is 2.19. The van der Waals surface area contributed by atoms with Crippen LogP contribution in [0.15, 0.2) is 41.3 Å². The van der Waals surface area contributed by atoms with E-state index in [1.165, 1.54) is 6.26 Å². The van der Waals surface area contributed by atoms with Gasteiger partial charge in [0.05, 0.1) is 18.6 Å². The molecule has 7 nitrogen and oxygen atoms in total. The van der Waals surface area contributed by atoms with Crippen LogP contribution in [0, 0.1) is 6.92 Å². The summed E-state index contributed by atoms with van der Waals surface area (Å²) < 4.78 is 6.76. The predicted molar refractivity (Wildman–Crippen MR) is 73.7 cm³/mol. The minimum absolute atomic E-state index is 0.259. The van der Waals surface area contributed by atoms with E-state index < -0.39 is 6.04 Å². The number of aromatic nitrogens is 3. The predicted octanol–water partition coefficient (Wildman–Crippen LogP) is 1.09. The molecule has 1 amide bonds. The second kappa shape index (κ2) is 5.37. The van der Waals surface area contributed by atoms with Gasteiger partial charge in [-0.1, -0.05) is 0 Å². The summed E-state index contributed by atoms with van der Waals surface area (Å²) in [5.74, 6) is 0.143. The van der Waals surface area contributed by atoms with E-state index in [2.05, 4.69) is 15.4 Å². The molecule has 0 aliphatic rings. The van der Waals surface area contributed by atoms with E-state index in [0.29, 0.717) is 22.7 Å². The Hall–Kier alpha value is -2.67. The molecule has 0 bridgehead atoms. The number of carbonyl (C=O) groups excluding carboxylic acids is 1. The first-order chi connectivity index (χ1) is 10.2. The van der Waals surface area contributed by atoms with Gasteiger partial charge in [0.1, 0.15) is 17.4 Å². The van der Waals surface area contributed by atoms with Gasteiger partial charge in [0, 0.05) is 12.4 Å². The summed E-state index contributed by atoms with van der Waals surface area (Å²) >= 11 is 0. The minimum Gasteiger partial charge on any atom is -0.467 e. The molecular weight excluding hydrogens is 272 g/mol. The highest BCUT2D eigenvalue weighted by atomic mass is 16.3. The third-order valence-electron chi connectivity index (χ3n) is 3.17. The Kier molecular flexibility index (Phi) is 3.41. The normalized spacial score (nSPS) is 12.5. The van der Waals surface area contributed by atoms with E-state index in [4.69, 9.17) is 4.42 Å². The van der Waals surface area contributed by atoms with Gasteiger partial charge in [0.2, 0.25) is 0 Å². The van der Waals surface area contributed by atoms with E-state index in [9.17, 15) is 9.90 Å². The van der Waals surface area contributed by atoms with Crippen LogP contribution in [0.2, 0.25) is 0 Å². The van der Waals surface area contributed by atoms with Crippen LogP contribution in [0.3, 0.4) is 0 Å². The number of hydrogen-bond acceptors (Lipinski definition) is 5. The fraction of sp³-hybridized carbons (Fsp3) is 0.214. The maximum absolute atomic E-state index is 12.4. The number of aryl methyl sites for hydroxylation is 1. The van der Waals surface area contributed by atoms with Crippen molar-refractivity contribution in [3.05, 3.63) is 53.9 Å². The largest absolute Gasteiger partial charge is 0.467 e. The Morgan fingerprint density at radius 3 is 3.10 bits per heavy atom. The van der Waals surface area contributed by atoms with Gasteiger partial charge in [-0.25, -0.2) is 9.50 Å². The van der Waals surface area contributed by atoms with Crippen molar-refractivity contribution in [2.75, 3.05) is 6.61 Å². The quantitative estimate of drug-likeness (QED) is 0.749. The van der Waals surface area contributed by atoms with Crippen molar-refractivity contribution in [2.45, 2.75) is 13.0 Å². The van der Waals surface area contributed by atoms with Gasteiger partial charge in [0.25, 0.3) is 5.91 Å². The number of aliphatic hydroxyl groups excluding tert-OH is 1. The van der Waals surface area contributed by atoms with Crippen LogP contribution < -0.4 is 5.32 Å². The molecule has 3 heterocycles. The Bertz CT molecular complexity index is 764. The lowest BCUT2D eigenvalue weighted by Gasteiger charge is -2.13. The number of rotatable bonds is 4. The summed E-state index contributed by atoms with van der Waals surface area (Å²) in [7, 11) is 0. The third-order valence-corrected chi connectivity index (χ3v) is 3.17. The Morgan fingerprint density at radius 2 is 2.38 bits per heavy atom. The monoisotopic (exact) mass is 286 g/mol. The molecular formula is C14H14N4O3. The van der Waals surface area contributed by atoms with Gasteiger partial charge in [-0.05, 0) is 25.1 Å². The second-order valence-corrected chi connectivity index (χ2v) is 4.57. The molecule has 0 saturated heterocycles. The molecule has 0 aliphatic carbocycles. The fourth-order valence-corrected chi connectivity index (χ4v) is 2.19. The first-order valence-corrected chi connectivity index (χ1v) is 6.46. The summed E-state index contributed by atoms with van der Waals surface area (Å²) in [5, 5.41) is 16.4. The number of nitrogens with zero attached hydrogens (tertiary/aromatic N) is 3. The van der Waals surface area contributed by atoms with Crippen LogP contribution in [0.4, 0.5) is 0 Å². The number of carbonyl (C=O) groups is 1. The SMILES string of the molecule is Cc1nn2cccnc2c1C(=O)NC(CO)c1ccco1. The smallest absolute Gasteiger partial charge is 0.257 e. The molecule has 3 rings (SSSR count). The number of amides is 1. The Balaban J connectivity index is 1.92. The van der Waals surface area contributed by atoms with Crippen LogP contribution in [0.1, 0.15) is 27.9 Å². The van der Waals surface area contributed by atoms with Crippen molar-refractivity contribution in [1.29, 1.82) is 0 Å². The summed E-state index contributed by atoms with van der Waals surface area (Å²) in [6.07, 6.45) is 4.82. The molecule has 0 spiro atoms. The van der Waals surface area contributed by atoms with Crippen LogP contribution >= 0.6 is 0 Å². The van der Waals surface area contributed by atoms with Gasteiger partial charge in [-0.3, -0.25) is 4.79 Å². The van der Waals surface area contributed by atoms with Crippen LogP contribution in [-0.2, 0) is 0 Å². The third kappa shape index (κ3) is 2.38. The standard InChI is InChI=1S/C14H14N4O3/c1-9-12(13-15-5-3-6-18(13)17-9)14(20)16-10(8-19)11-4-2-7-21-11/h2-7,10,19H,8H2,1H3,(H,16,20). The first kappa shape index (κ1) is 13.3. The van der Waals surface area contributed by atoms with Crippen molar-refractivity contribution >= 4 is 11.6 Å². The molecule has 108 valence electrons. The number of aliphatic hydroxyl groups is 1. The lowest BCUT2D eigenvalue weighted by Crippen LogP contribution is -2.31. The molecule has 0 radical (unpaired) electrons. The first-order valence-electron chi connectivity index (χ1n) is 6.46. The molecule has 0 aliphatic heterocycles. The van der Waals surface area contributed by atoms with Gasteiger partial charge >= 0.3 is 0 Å². The van der Waals surface area contributed by atoms with Gasteiger partial charge in [-0.15, -0.1) is 0 Å². The average Bonchev–Trinajstić information content (AvgIpc) is 3.10. The topological polar surface area (TPSA) is 92.7 Å². The molecule has 3 aromatic heterocycles. The summed E-state index contributed by atoms with van der Waals surface area (Å²) in [6, 6.07) is 4.53. The zero-order chi connectivity index (χ0) is 14.8. The van der Waals surface area contributed by atoms with E-state index in [0.717, 1.165) is 0 Å². The van der Waals surface area contributed by atoms with Gasteiger partial charge < -0.3 is 14.8 Å².